The van der Waals surface area contributed by atoms with Gasteiger partial charge < -0.3 is 4.90 Å². The summed E-state index contributed by atoms with van der Waals surface area (Å²) in [5, 5.41) is 4.90. The Balaban J connectivity index is 1.17. The monoisotopic (exact) mass is 477 g/mol. The summed E-state index contributed by atoms with van der Waals surface area (Å²) in [6.07, 6.45) is 1.90. The predicted octanol–water partition coefficient (Wildman–Crippen LogP) is 4.96. The fourth-order valence-corrected chi connectivity index (χ4v) is 4.81. The van der Waals surface area contributed by atoms with Gasteiger partial charge in [-0.25, -0.2) is 9.97 Å². The first kappa shape index (κ1) is 22.6. The van der Waals surface area contributed by atoms with Gasteiger partial charge in [0.2, 0.25) is 0 Å². The van der Waals surface area contributed by atoms with Crippen molar-refractivity contribution in [1.82, 2.24) is 29.5 Å². The first-order valence-electron chi connectivity index (χ1n) is 12.6. The van der Waals surface area contributed by atoms with Gasteiger partial charge in [-0.2, -0.15) is 4.52 Å². The van der Waals surface area contributed by atoms with E-state index in [1.165, 1.54) is 5.56 Å². The van der Waals surface area contributed by atoms with E-state index in [4.69, 9.17) is 15.1 Å². The number of para-hydroxylation sites is 2. The number of aromatic nitrogens is 5. The lowest BCUT2D eigenvalue weighted by molar-refractivity contribution is 0.246. The number of nitrogens with zero attached hydrogens (tertiary/aromatic N) is 7. The summed E-state index contributed by atoms with van der Waals surface area (Å²) in [5.41, 5.74) is 6.26. The van der Waals surface area contributed by atoms with Crippen molar-refractivity contribution in [1.29, 1.82) is 0 Å². The summed E-state index contributed by atoms with van der Waals surface area (Å²) >= 11 is 0. The molecule has 1 saturated heterocycles. The van der Waals surface area contributed by atoms with E-state index in [1.807, 2.05) is 41.0 Å². The SMILES string of the molecule is CC(C)(C)c1ccc(-c2nc3cccc(N4CCN(Cc5cnc6ccccc6n5)CC4)n3n2)cc1. The van der Waals surface area contributed by atoms with E-state index >= 15 is 0 Å². The van der Waals surface area contributed by atoms with Crippen LogP contribution in [0.15, 0.2) is 72.9 Å². The molecule has 7 nitrogen and oxygen atoms in total. The fraction of sp³-hybridized carbons (Fsp3) is 0.310. The number of hydrogen-bond acceptors (Lipinski definition) is 6. The van der Waals surface area contributed by atoms with E-state index in [2.05, 4.69) is 72.0 Å². The van der Waals surface area contributed by atoms with E-state index in [0.717, 1.165) is 72.3 Å². The summed E-state index contributed by atoms with van der Waals surface area (Å²) < 4.78 is 1.98. The molecule has 6 rings (SSSR count). The lowest BCUT2D eigenvalue weighted by Crippen LogP contribution is -2.46. The molecule has 0 radical (unpaired) electrons. The maximum atomic E-state index is 4.90. The minimum absolute atomic E-state index is 0.126. The summed E-state index contributed by atoms with van der Waals surface area (Å²) in [6, 6.07) is 22.9. The van der Waals surface area contributed by atoms with Gasteiger partial charge in [-0.1, -0.05) is 63.2 Å². The molecular formula is C29H31N7. The lowest BCUT2D eigenvalue weighted by atomic mass is 9.87. The van der Waals surface area contributed by atoms with Crippen LogP contribution in [-0.4, -0.2) is 55.6 Å². The van der Waals surface area contributed by atoms with Crippen LogP contribution in [0.4, 0.5) is 5.82 Å². The van der Waals surface area contributed by atoms with E-state index < -0.39 is 0 Å². The highest BCUT2D eigenvalue weighted by molar-refractivity contribution is 5.73. The number of piperazine rings is 1. The van der Waals surface area contributed by atoms with Crippen molar-refractivity contribution in [3.63, 3.8) is 0 Å². The van der Waals surface area contributed by atoms with Crippen molar-refractivity contribution < 1.29 is 0 Å². The molecule has 0 atom stereocenters. The van der Waals surface area contributed by atoms with Crippen LogP contribution in [0.2, 0.25) is 0 Å². The largest absolute Gasteiger partial charge is 0.354 e. The van der Waals surface area contributed by atoms with Crippen molar-refractivity contribution >= 4 is 22.5 Å². The van der Waals surface area contributed by atoms with E-state index in [-0.39, 0.29) is 5.41 Å². The van der Waals surface area contributed by atoms with Gasteiger partial charge in [0.25, 0.3) is 0 Å². The Labute approximate surface area is 211 Å². The number of anilines is 1. The maximum absolute atomic E-state index is 4.90. The summed E-state index contributed by atoms with van der Waals surface area (Å²) in [5.74, 6) is 1.85. The normalized spacial score (nSPS) is 15.1. The summed E-state index contributed by atoms with van der Waals surface area (Å²) in [7, 11) is 0. The minimum Gasteiger partial charge on any atom is -0.354 e. The molecule has 0 spiro atoms. The van der Waals surface area contributed by atoms with Crippen molar-refractivity contribution in [2.75, 3.05) is 31.1 Å². The molecule has 0 unspecified atom stereocenters. The van der Waals surface area contributed by atoms with Crippen molar-refractivity contribution in [3.8, 4) is 11.4 Å². The minimum atomic E-state index is 0.126. The van der Waals surface area contributed by atoms with Gasteiger partial charge in [-0.05, 0) is 35.2 Å². The first-order chi connectivity index (χ1) is 17.4. The highest BCUT2D eigenvalue weighted by Gasteiger charge is 2.21. The molecule has 0 saturated carbocycles. The Morgan fingerprint density at radius 3 is 2.28 bits per heavy atom. The van der Waals surface area contributed by atoms with E-state index in [1.54, 1.807) is 0 Å². The second kappa shape index (κ2) is 8.99. The van der Waals surface area contributed by atoms with Crippen LogP contribution >= 0.6 is 0 Å². The van der Waals surface area contributed by atoms with Gasteiger partial charge in [-0.15, -0.1) is 5.10 Å². The first-order valence-corrected chi connectivity index (χ1v) is 12.6. The molecule has 1 aliphatic rings. The highest BCUT2D eigenvalue weighted by atomic mass is 15.4. The van der Waals surface area contributed by atoms with Crippen LogP contribution in [0, 0.1) is 0 Å². The lowest BCUT2D eigenvalue weighted by Gasteiger charge is -2.35. The molecule has 182 valence electrons. The molecule has 36 heavy (non-hydrogen) atoms. The van der Waals surface area contributed by atoms with E-state index in [9.17, 15) is 0 Å². The number of hydrogen-bond donors (Lipinski definition) is 0. The zero-order valence-electron chi connectivity index (χ0n) is 21.1. The zero-order valence-corrected chi connectivity index (χ0v) is 21.1. The molecular weight excluding hydrogens is 446 g/mol. The van der Waals surface area contributed by atoms with Crippen LogP contribution in [0.25, 0.3) is 28.1 Å². The predicted molar refractivity (Wildman–Crippen MR) is 144 cm³/mol. The van der Waals surface area contributed by atoms with E-state index in [0.29, 0.717) is 0 Å². The molecule has 0 N–H and O–H groups in total. The van der Waals surface area contributed by atoms with Crippen molar-refractivity contribution in [2.24, 2.45) is 0 Å². The molecule has 3 aromatic heterocycles. The number of rotatable bonds is 4. The topological polar surface area (TPSA) is 62.5 Å². The van der Waals surface area contributed by atoms with Gasteiger partial charge in [0.1, 0.15) is 5.82 Å². The summed E-state index contributed by atoms with van der Waals surface area (Å²) in [6.45, 7) is 11.3. The molecule has 0 bridgehead atoms. The third-order valence-corrected chi connectivity index (χ3v) is 6.93. The second-order valence-electron chi connectivity index (χ2n) is 10.5. The maximum Gasteiger partial charge on any atom is 0.182 e. The molecule has 0 aliphatic carbocycles. The van der Waals surface area contributed by atoms with Crippen molar-refractivity contribution in [3.05, 3.63) is 84.2 Å². The van der Waals surface area contributed by atoms with Gasteiger partial charge in [0.05, 0.1) is 22.9 Å². The van der Waals surface area contributed by atoms with Crippen LogP contribution in [0.1, 0.15) is 32.0 Å². The Bertz CT molecular complexity index is 1510. The molecule has 7 heteroatoms. The second-order valence-corrected chi connectivity index (χ2v) is 10.5. The van der Waals surface area contributed by atoms with Crippen LogP contribution in [0.5, 0.6) is 0 Å². The van der Waals surface area contributed by atoms with Gasteiger partial charge in [-0.3, -0.25) is 9.88 Å². The molecule has 5 aromatic rings. The zero-order chi connectivity index (χ0) is 24.7. The Morgan fingerprint density at radius 2 is 1.53 bits per heavy atom. The molecule has 0 amide bonds. The Kier molecular flexibility index (Phi) is 5.64. The third-order valence-electron chi connectivity index (χ3n) is 6.93. The van der Waals surface area contributed by atoms with Crippen LogP contribution in [0.3, 0.4) is 0 Å². The molecule has 1 aliphatic heterocycles. The van der Waals surface area contributed by atoms with Gasteiger partial charge in [0, 0.05) is 38.3 Å². The smallest absolute Gasteiger partial charge is 0.182 e. The Morgan fingerprint density at radius 1 is 0.778 bits per heavy atom. The fourth-order valence-electron chi connectivity index (χ4n) is 4.81. The average Bonchev–Trinajstić information content (AvgIpc) is 3.33. The highest BCUT2D eigenvalue weighted by Crippen LogP contribution is 2.26. The van der Waals surface area contributed by atoms with Gasteiger partial charge >= 0.3 is 0 Å². The average molecular weight is 478 g/mol. The molecule has 4 heterocycles. The number of pyridine rings is 1. The Hall–Kier alpha value is -3.84. The molecule has 1 fully saturated rings. The standard InChI is InChI=1S/C29H31N7/c1-29(2,3)22-13-11-21(12-14-22)28-32-26-9-6-10-27(36(26)33-28)35-17-15-34(16-18-35)20-23-19-30-24-7-4-5-8-25(24)31-23/h4-14,19H,15-18,20H2,1-3H3. The van der Waals surface area contributed by atoms with Gasteiger partial charge in [0.15, 0.2) is 11.5 Å². The third kappa shape index (κ3) is 4.42. The number of benzene rings is 2. The molecule has 2 aromatic carbocycles. The quantitative estimate of drug-likeness (QED) is 0.365. The summed E-state index contributed by atoms with van der Waals surface area (Å²) in [4.78, 5) is 19.0. The number of fused-ring (bicyclic) bond motifs is 2. The van der Waals surface area contributed by atoms with Crippen LogP contribution < -0.4 is 4.90 Å². The van der Waals surface area contributed by atoms with Crippen molar-refractivity contribution in [2.45, 2.75) is 32.7 Å². The van der Waals surface area contributed by atoms with Crippen LogP contribution in [-0.2, 0) is 12.0 Å².